The number of ether oxygens (including phenoxy) is 2. The Morgan fingerprint density at radius 3 is 2.12 bits per heavy atom. The van der Waals surface area contributed by atoms with E-state index in [1.165, 1.54) is 38.3 Å². The summed E-state index contributed by atoms with van der Waals surface area (Å²) < 4.78 is 9.68. The maximum Gasteiger partial charge on any atom is 0.337 e. The number of hydrogen-bond donors (Lipinski definition) is 1. The fourth-order valence-corrected chi connectivity index (χ4v) is 6.99. The highest BCUT2D eigenvalue weighted by Gasteiger charge is 2.67. The smallest absolute Gasteiger partial charge is 0.337 e. The summed E-state index contributed by atoms with van der Waals surface area (Å²) in [4.78, 5) is 63.4. The zero-order valence-corrected chi connectivity index (χ0v) is 21.0. The number of hydrogen-bond acceptors (Lipinski definition) is 7. The van der Waals surface area contributed by atoms with E-state index < -0.39 is 42.3 Å². The lowest BCUT2D eigenvalue weighted by Gasteiger charge is -2.28. The second-order valence-electron chi connectivity index (χ2n) is 8.45. The molecule has 1 heterocycles. The van der Waals surface area contributed by atoms with Gasteiger partial charge in [-0.1, -0.05) is 31.9 Å². The Morgan fingerprint density at radius 1 is 1.06 bits per heavy atom. The number of nitrogens with zero attached hydrogens (tertiary/aromatic N) is 1. The van der Waals surface area contributed by atoms with Crippen molar-refractivity contribution >= 4 is 67.2 Å². The van der Waals surface area contributed by atoms with Crippen LogP contribution in [-0.2, 0) is 28.7 Å². The van der Waals surface area contributed by atoms with Gasteiger partial charge >= 0.3 is 11.9 Å². The van der Waals surface area contributed by atoms with E-state index in [0.717, 1.165) is 11.3 Å². The molecular formula is C22H22Br2N2O7. The van der Waals surface area contributed by atoms with Crippen LogP contribution in [0.2, 0.25) is 0 Å². The van der Waals surface area contributed by atoms with Gasteiger partial charge in [-0.3, -0.25) is 19.3 Å². The van der Waals surface area contributed by atoms with Crippen LogP contribution in [0.5, 0.6) is 0 Å². The number of carbonyl (C=O) groups is 5. The number of likely N-dealkylation sites (tertiary alicyclic amines) is 1. The van der Waals surface area contributed by atoms with Crippen LogP contribution in [0.3, 0.4) is 0 Å². The van der Waals surface area contributed by atoms with Crippen molar-refractivity contribution in [2.75, 3.05) is 19.0 Å². The van der Waals surface area contributed by atoms with Gasteiger partial charge < -0.3 is 14.8 Å². The van der Waals surface area contributed by atoms with Crippen LogP contribution in [-0.4, -0.2) is 64.0 Å². The van der Waals surface area contributed by atoms with Gasteiger partial charge in [0.15, 0.2) is 6.61 Å². The van der Waals surface area contributed by atoms with Gasteiger partial charge in [-0.25, -0.2) is 9.59 Å². The number of esters is 2. The number of amides is 3. The molecule has 1 N–H and O–H groups in total. The summed E-state index contributed by atoms with van der Waals surface area (Å²) in [5.41, 5.74) is 0.727. The van der Waals surface area contributed by atoms with Gasteiger partial charge in [0, 0.05) is 15.3 Å². The van der Waals surface area contributed by atoms with Crippen molar-refractivity contribution in [2.45, 2.75) is 29.0 Å². The molecule has 1 aromatic rings. The van der Waals surface area contributed by atoms with Gasteiger partial charge in [0.25, 0.3) is 5.91 Å². The fourth-order valence-electron chi connectivity index (χ4n) is 5.12. The number of carbonyl (C=O) groups excluding carboxylic acids is 5. The summed E-state index contributed by atoms with van der Waals surface area (Å²) in [5, 5.41) is 2.54. The summed E-state index contributed by atoms with van der Waals surface area (Å²) in [6, 6.07) is 4.87. The molecule has 33 heavy (non-hydrogen) atoms. The van der Waals surface area contributed by atoms with E-state index in [1.54, 1.807) is 0 Å². The van der Waals surface area contributed by atoms with Crippen LogP contribution in [0, 0.1) is 23.7 Å². The average Bonchev–Trinajstić information content (AvgIpc) is 3.41. The summed E-state index contributed by atoms with van der Waals surface area (Å²) in [6.07, 6.45) is 0.798. The third-order valence-electron chi connectivity index (χ3n) is 6.68. The van der Waals surface area contributed by atoms with E-state index in [4.69, 9.17) is 4.74 Å². The van der Waals surface area contributed by atoms with Crippen molar-refractivity contribution in [1.82, 2.24) is 4.90 Å². The van der Waals surface area contributed by atoms with Gasteiger partial charge in [-0.2, -0.15) is 0 Å². The minimum absolute atomic E-state index is 0.0467. The van der Waals surface area contributed by atoms with Crippen molar-refractivity contribution in [3.63, 3.8) is 0 Å². The lowest BCUT2D eigenvalue weighted by molar-refractivity contribution is -0.159. The van der Waals surface area contributed by atoms with E-state index in [9.17, 15) is 24.0 Å². The Balaban J connectivity index is 1.33. The summed E-state index contributed by atoms with van der Waals surface area (Å²) in [6.45, 7) is 0.852. The molecular weight excluding hydrogens is 564 g/mol. The molecule has 1 aliphatic heterocycles. The number of fused-ring (bicyclic) bond motifs is 5. The summed E-state index contributed by atoms with van der Waals surface area (Å²) >= 11 is 7.25. The summed E-state index contributed by atoms with van der Waals surface area (Å²) in [5.74, 6) is -3.38. The predicted octanol–water partition coefficient (Wildman–Crippen LogP) is 2.12. The molecule has 11 heteroatoms. The first-order valence-corrected chi connectivity index (χ1v) is 12.3. The molecule has 7 atom stereocenters. The first kappa shape index (κ1) is 23.9. The third kappa shape index (κ3) is 4.09. The van der Waals surface area contributed by atoms with Gasteiger partial charge in [-0.15, -0.1) is 0 Å². The molecule has 2 bridgehead atoms. The van der Waals surface area contributed by atoms with Crippen molar-refractivity contribution in [2.24, 2.45) is 23.7 Å². The molecule has 1 aromatic carbocycles. The molecule has 2 saturated carbocycles. The molecule has 0 aromatic heterocycles. The Kier molecular flexibility index (Phi) is 6.63. The highest BCUT2D eigenvalue weighted by molar-refractivity contribution is 9.12. The number of benzene rings is 1. The molecule has 176 valence electrons. The van der Waals surface area contributed by atoms with Crippen LogP contribution in [0.1, 0.15) is 23.7 Å². The van der Waals surface area contributed by atoms with E-state index in [1.807, 2.05) is 0 Å². The van der Waals surface area contributed by atoms with Crippen LogP contribution in [0.25, 0.3) is 0 Å². The Hall–Kier alpha value is -2.27. The first-order chi connectivity index (χ1) is 15.6. The van der Waals surface area contributed by atoms with Crippen molar-refractivity contribution in [1.29, 1.82) is 0 Å². The minimum Gasteiger partial charge on any atom is -0.465 e. The Bertz CT molecular complexity index is 983. The van der Waals surface area contributed by atoms with Crippen LogP contribution in [0.4, 0.5) is 5.69 Å². The van der Waals surface area contributed by atoms with E-state index >= 15 is 0 Å². The molecule has 0 radical (unpaired) electrons. The SMILES string of the molecule is COC(=O)c1ccc(NC(=O)COC(=O)[C@H](C)N2C(=O)[C@@H]3[C@H]4C[C@@H]([C@@H](Br)[C@H]4Br)[C@H]3C2=O)cc1. The van der Waals surface area contributed by atoms with Crippen molar-refractivity contribution in [3.05, 3.63) is 29.8 Å². The average molecular weight is 586 g/mol. The molecule has 0 unspecified atom stereocenters. The quantitative estimate of drug-likeness (QED) is 0.308. The molecule has 3 amide bonds. The largest absolute Gasteiger partial charge is 0.465 e. The van der Waals surface area contributed by atoms with Gasteiger partial charge in [0.05, 0.1) is 24.5 Å². The number of alkyl halides is 2. The number of anilines is 1. The molecule has 4 rings (SSSR count). The lowest BCUT2D eigenvalue weighted by Crippen LogP contribution is -2.45. The molecule has 2 aliphatic carbocycles. The second-order valence-corrected chi connectivity index (χ2v) is 10.6. The van der Waals surface area contributed by atoms with E-state index in [2.05, 4.69) is 41.9 Å². The maximum absolute atomic E-state index is 13.0. The molecule has 3 fully saturated rings. The first-order valence-electron chi connectivity index (χ1n) is 10.5. The fraction of sp³-hybridized carbons (Fsp3) is 0.500. The molecule has 9 nitrogen and oxygen atoms in total. The third-order valence-corrected chi connectivity index (χ3v) is 9.89. The normalized spacial score (nSPS) is 30.7. The number of methoxy groups -OCH3 is 1. The molecule has 1 saturated heterocycles. The Morgan fingerprint density at radius 2 is 1.61 bits per heavy atom. The predicted molar refractivity (Wildman–Crippen MR) is 123 cm³/mol. The van der Waals surface area contributed by atoms with Gasteiger partial charge in [-0.05, 0) is 49.4 Å². The summed E-state index contributed by atoms with van der Waals surface area (Å²) in [7, 11) is 1.27. The van der Waals surface area contributed by atoms with Gasteiger partial charge in [0.2, 0.25) is 11.8 Å². The standard InChI is InChI=1S/C22H22Br2N2O7/c1-9(26-19(28)15-12-7-13(16(15)20(26)29)18(24)17(12)23)21(30)33-8-14(27)25-11-5-3-10(4-6-11)22(31)32-2/h3-6,9,12-13,15-18H,7-8H2,1-2H3,(H,25,27)/t9-,12+,13+,15+,16+,17-,18+/m0/s1. The lowest BCUT2D eigenvalue weighted by atomic mass is 9.81. The van der Waals surface area contributed by atoms with Crippen LogP contribution >= 0.6 is 31.9 Å². The Labute approximate surface area is 206 Å². The monoisotopic (exact) mass is 584 g/mol. The highest BCUT2D eigenvalue weighted by Crippen LogP contribution is 2.60. The van der Waals surface area contributed by atoms with E-state index in [-0.39, 0.29) is 33.3 Å². The molecule has 0 spiro atoms. The van der Waals surface area contributed by atoms with Crippen LogP contribution < -0.4 is 5.32 Å². The highest BCUT2D eigenvalue weighted by atomic mass is 79.9. The second kappa shape index (κ2) is 9.17. The minimum atomic E-state index is -1.12. The van der Waals surface area contributed by atoms with Crippen LogP contribution in [0.15, 0.2) is 24.3 Å². The zero-order chi connectivity index (χ0) is 24.0. The number of rotatable bonds is 6. The maximum atomic E-state index is 13.0. The number of nitrogens with one attached hydrogen (secondary N) is 1. The van der Waals surface area contributed by atoms with Crippen molar-refractivity contribution in [3.8, 4) is 0 Å². The molecule has 3 aliphatic rings. The number of halogens is 2. The van der Waals surface area contributed by atoms with Crippen molar-refractivity contribution < 1.29 is 33.4 Å². The zero-order valence-electron chi connectivity index (χ0n) is 17.8. The topological polar surface area (TPSA) is 119 Å². The number of imide groups is 1. The van der Waals surface area contributed by atoms with Gasteiger partial charge in [0.1, 0.15) is 6.04 Å². The van der Waals surface area contributed by atoms with E-state index in [0.29, 0.717) is 11.3 Å².